The predicted octanol–water partition coefficient (Wildman–Crippen LogP) is 4.27. The van der Waals surface area contributed by atoms with Crippen molar-refractivity contribution < 1.29 is 0 Å². The zero-order chi connectivity index (χ0) is 14.8. The van der Waals surface area contributed by atoms with Crippen molar-refractivity contribution in [3.8, 4) is 0 Å². The summed E-state index contributed by atoms with van der Waals surface area (Å²) in [5, 5.41) is 5.60. The fourth-order valence-corrected chi connectivity index (χ4v) is 3.77. The highest BCUT2D eigenvalue weighted by Crippen LogP contribution is 2.20. The van der Waals surface area contributed by atoms with Crippen LogP contribution in [0, 0.1) is 13.8 Å². The lowest BCUT2D eigenvalue weighted by molar-refractivity contribution is 0.610. The molecule has 2 heterocycles. The van der Waals surface area contributed by atoms with E-state index in [0.717, 1.165) is 29.6 Å². The number of nitrogens with one attached hydrogen (secondary N) is 1. The lowest BCUT2D eigenvalue weighted by atomic mass is 10.1. The van der Waals surface area contributed by atoms with Crippen molar-refractivity contribution in [2.45, 2.75) is 26.9 Å². The third kappa shape index (κ3) is 3.36. The minimum absolute atomic E-state index is 0.918. The minimum Gasteiger partial charge on any atom is -0.329 e. The normalized spacial score (nSPS) is 11.4. The Kier molecular flexibility index (Phi) is 4.42. The number of thiophene rings is 1. The van der Waals surface area contributed by atoms with Gasteiger partial charge in [-0.2, -0.15) is 0 Å². The number of aromatic nitrogens is 2. The van der Waals surface area contributed by atoms with Gasteiger partial charge in [0.15, 0.2) is 0 Å². The quantitative estimate of drug-likeness (QED) is 0.686. The number of aryl methyl sites for hydroxylation is 2. The maximum absolute atomic E-state index is 4.49. The number of hydrogen-bond donors (Lipinski definition) is 1. The number of fused-ring (bicyclic) bond motifs is 1. The number of imidazole rings is 1. The van der Waals surface area contributed by atoms with Crippen LogP contribution in [0.2, 0.25) is 0 Å². The van der Waals surface area contributed by atoms with Gasteiger partial charge >= 0.3 is 0 Å². The second-order valence-electron chi connectivity index (χ2n) is 5.27. The van der Waals surface area contributed by atoms with E-state index in [1.54, 1.807) is 11.3 Å². The molecule has 0 unspecified atom stereocenters. The van der Waals surface area contributed by atoms with Crippen molar-refractivity contribution in [3.63, 3.8) is 0 Å². The summed E-state index contributed by atoms with van der Waals surface area (Å²) in [6.45, 7) is 7.08. The van der Waals surface area contributed by atoms with Crippen molar-refractivity contribution >= 4 is 38.3 Å². The zero-order valence-electron chi connectivity index (χ0n) is 12.2. The molecule has 3 aromatic rings. The fraction of sp³-hybridized carbons (Fsp3) is 0.312. The van der Waals surface area contributed by atoms with E-state index in [2.05, 4.69) is 68.2 Å². The van der Waals surface area contributed by atoms with E-state index >= 15 is 0 Å². The highest BCUT2D eigenvalue weighted by atomic mass is 79.9. The first-order chi connectivity index (χ1) is 10.1. The number of rotatable bonds is 5. The number of benzene rings is 1. The third-order valence-corrected chi connectivity index (χ3v) is 5.38. The molecule has 3 rings (SSSR count). The summed E-state index contributed by atoms with van der Waals surface area (Å²) in [6, 6.07) is 6.56. The summed E-state index contributed by atoms with van der Waals surface area (Å²) in [5.74, 6) is 0. The molecule has 0 saturated heterocycles. The van der Waals surface area contributed by atoms with Gasteiger partial charge in [0.2, 0.25) is 0 Å². The van der Waals surface area contributed by atoms with Crippen LogP contribution in [0.3, 0.4) is 0 Å². The largest absolute Gasteiger partial charge is 0.329 e. The van der Waals surface area contributed by atoms with E-state index in [-0.39, 0.29) is 0 Å². The van der Waals surface area contributed by atoms with Crippen molar-refractivity contribution in [1.29, 1.82) is 0 Å². The SMILES string of the molecule is Cc1cc2ncn(CCNCc3cc(Br)cs3)c2cc1C. The van der Waals surface area contributed by atoms with E-state index in [1.807, 2.05) is 6.33 Å². The van der Waals surface area contributed by atoms with Gasteiger partial charge in [-0.15, -0.1) is 11.3 Å². The van der Waals surface area contributed by atoms with Gasteiger partial charge in [-0.25, -0.2) is 4.98 Å². The van der Waals surface area contributed by atoms with E-state index in [0.29, 0.717) is 0 Å². The number of nitrogens with zero attached hydrogens (tertiary/aromatic N) is 2. The van der Waals surface area contributed by atoms with Crippen LogP contribution in [0.25, 0.3) is 11.0 Å². The molecule has 0 aliphatic rings. The van der Waals surface area contributed by atoms with Crippen LogP contribution in [-0.2, 0) is 13.1 Å². The lowest BCUT2D eigenvalue weighted by Crippen LogP contribution is -2.18. The summed E-state index contributed by atoms with van der Waals surface area (Å²) < 4.78 is 3.38. The highest BCUT2D eigenvalue weighted by molar-refractivity contribution is 9.10. The Morgan fingerprint density at radius 2 is 2.05 bits per heavy atom. The molecule has 0 bridgehead atoms. The van der Waals surface area contributed by atoms with E-state index in [1.165, 1.54) is 21.5 Å². The van der Waals surface area contributed by atoms with Gasteiger partial charge in [-0.05, 0) is 59.1 Å². The molecule has 0 spiro atoms. The maximum atomic E-state index is 4.49. The summed E-state index contributed by atoms with van der Waals surface area (Å²) in [5.41, 5.74) is 4.92. The van der Waals surface area contributed by atoms with Gasteiger partial charge in [0.25, 0.3) is 0 Å². The van der Waals surface area contributed by atoms with Gasteiger partial charge < -0.3 is 9.88 Å². The Balaban J connectivity index is 1.61. The van der Waals surface area contributed by atoms with Crippen molar-refractivity contribution in [1.82, 2.24) is 14.9 Å². The summed E-state index contributed by atoms with van der Waals surface area (Å²) >= 11 is 5.26. The average Bonchev–Trinajstić information content (AvgIpc) is 3.03. The van der Waals surface area contributed by atoms with Crippen LogP contribution in [0.4, 0.5) is 0 Å². The molecule has 0 aliphatic carbocycles. The van der Waals surface area contributed by atoms with Crippen LogP contribution in [0.15, 0.2) is 34.4 Å². The Morgan fingerprint density at radius 3 is 2.81 bits per heavy atom. The van der Waals surface area contributed by atoms with Gasteiger partial charge in [-0.3, -0.25) is 0 Å². The zero-order valence-corrected chi connectivity index (χ0v) is 14.6. The molecule has 0 radical (unpaired) electrons. The smallest absolute Gasteiger partial charge is 0.0958 e. The monoisotopic (exact) mass is 363 g/mol. The number of hydrogen-bond acceptors (Lipinski definition) is 3. The molecular weight excluding hydrogens is 346 g/mol. The first kappa shape index (κ1) is 14.8. The molecule has 0 atom stereocenters. The molecule has 1 N–H and O–H groups in total. The van der Waals surface area contributed by atoms with Gasteiger partial charge in [0.1, 0.15) is 0 Å². The third-order valence-electron chi connectivity index (χ3n) is 3.69. The van der Waals surface area contributed by atoms with Crippen molar-refractivity contribution in [2.75, 3.05) is 6.54 Å². The molecule has 3 nitrogen and oxygen atoms in total. The molecule has 0 saturated carbocycles. The standard InChI is InChI=1S/C16H18BrN3S/c1-11-5-15-16(6-12(11)2)20(10-19-15)4-3-18-8-14-7-13(17)9-21-14/h5-7,9-10,18H,3-4,8H2,1-2H3. The summed E-state index contributed by atoms with van der Waals surface area (Å²) in [6.07, 6.45) is 1.94. The molecule has 5 heteroatoms. The van der Waals surface area contributed by atoms with Gasteiger partial charge in [0.05, 0.1) is 17.4 Å². The Labute approximate surface area is 137 Å². The van der Waals surface area contributed by atoms with E-state index in [4.69, 9.17) is 0 Å². The van der Waals surface area contributed by atoms with Crippen LogP contribution in [0.5, 0.6) is 0 Å². The van der Waals surface area contributed by atoms with Crippen molar-refractivity contribution in [3.05, 3.63) is 50.4 Å². The predicted molar refractivity (Wildman–Crippen MR) is 92.9 cm³/mol. The first-order valence-electron chi connectivity index (χ1n) is 6.99. The average molecular weight is 364 g/mol. The lowest BCUT2D eigenvalue weighted by Gasteiger charge is -2.07. The number of halogens is 1. The first-order valence-corrected chi connectivity index (χ1v) is 8.66. The fourth-order valence-electron chi connectivity index (χ4n) is 2.35. The Bertz CT molecular complexity index is 760. The van der Waals surface area contributed by atoms with Crippen LogP contribution in [0.1, 0.15) is 16.0 Å². The molecule has 0 fully saturated rings. The molecule has 2 aromatic heterocycles. The van der Waals surface area contributed by atoms with Crippen LogP contribution in [-0.4, -0.2) is 16.1 Å². The van der Waals surface area contributed by atoms with E-state index < -0.39 is 0 Å². The second kappa shape index (κ2) is 6.30. The van der Waals surface area contributed by atoms with Gasteiger partial charge in [-0.1, -0.05) is 0 Å². The van der Waals surface area contributed by atoms with Gasteiger partial charge in [0, 0.05) is 34.4 Å². The molecule has 0 aliphatic heterocycles. The molecule has 110 valence electrons. The molecule has 0 amide bonds. The highest BCUT2D eigenvalue weighted by Gasteiger charge is 2.05. The molecule has 1 aromatic carbocycles. The molecular formula is C16H18BrN3S. The maximum Gasteiger partial charge on any atom is 0.0958 e. The minimum atomic E-state index is 0.918. The Morgan fingerprint density at radius 1 is 1.24 bits per heavy atom. The molecule has 21 heavy (non-hydrogen) atoms. The summed E-state index contributed by atoms with van der Waals surface area (Å²) in [7, 11) is 0. The van der Waals surface area contributed by atoms with Crippen LogP contribution >= 0.6 is 27.3 Å². The van der Waals surface area contributed by atoms with Crippen LogP contribution < -0.4 is 5.32 Å². The topological polar surface area (TPSA) is 29.9 Å². The summed E-state index contributed by atoms with van der Waals surface area (Å²) in [4.78, 5) is 5.84. The Hall–Kier alpha value is -1.17. The van der Waals surface area contributed by atoms with Crippen molar-refractivity contribution in [2.24, 2.45) is 0 Å². The second-order valence-corrected chi connectivity index (χ2v) is 7.18. The van der Waals surface area contributed by atoms with E-state index in [9.17, 15) is 0 Å².